The maximum Gasteiger partial charge on any atom is 0.310 e. The van der Waals surface area contributed by atoms with Crippen molar-refractivity contribution in [2.45, 2.75) is 32.3 Å². The third kappa shape index (κ3) is 4.71. The van der Waals surface area contributed by atoms with E-state index in [2.05, 4.69) is 11.9 Å². The van der Waals surface area contributed by atoms with Crippen LogP contribution in [-0.4, -0.2) is 24.9 Å². The van der Waals surface area contributed by atoms with Crippen molar-refractivity contribution in [1.29, 1.82) is 0 Å². The topological polar surface area (TPSA) is 81.7 Å². The standard InChI is InChI=1S/C23H23NO5/c1-3-4-5-7-16-11-10-15(12-19(16)28-2)14-29-20(25)13-17-8-6-9-18-21(17)23(27)24-22(18)26/h3,6,8-12H,1,4-5,7,13-14H2,2H3,(H,24,26,27). The minimum absolute atomic E-state index is 0.0827. The number of imide groups is 1. The average molecular weight is 393 g/mol. The zero-order valence-corrected chi connectivity index (χ0v) is 16.3. The fourth-order valence-corrected chi connectivity index (χ4v) is 3.33. The predicted molar refractivity (Wildman–Crippen MR) is 108 cm³/mol. The molecule has 0 bridgehead atoms. The Morgan fingerprint density at radius 3 is 2.72 bits per heavy atom. The van der Waals surface area contributed by atoms with Gasteiger partial charge in [0.1, 0.15) is 12.4 Å². The van der Waals surface area contributed by atoms with E-state index in [1.165, 1.54) is 0 Å². The lowest BCUT2D eigenvalue weighted by molar-refractivity contribution is -0.144. The zero-order valence-electron chi connectivity index (χ0n) is 16.3. The SMILES string of the molecule is C=CCCCc1ccc(COC(=O)Cc2cccc3c2C(=O)NC3=O)cc1OC. The first-order valence-corrected chi connectivity index (χ1v) is 9.43. The van der Waals surface area contributed by atoms with Gasteiger partial charge in [0.15, 0.2) is 0 Å². The summed E-state index contributed by atoms with van der Waals surface area (Å²) >= 11 is 0. The summed E-state index contributed by atoms with van der Waals surface area (Å²) in [5, 5.41) is 2.24. The summed E-state index contributed by atoms with van der Waals surface area (Å²) in [5.74, 6) is -0.635. The van der Waals surface area contributed by atoms with E-state index in [-0.39, 0.29) is 24.2 Å². The second-order valence-corrected chi connectivity index (χ2v) is 6.79. The highest BCUT2D eigenvalue weighted by atomic mass is 16.5. The van der Waals surface area contributed by atoms with Crippen LogP contribution in [0.1, 0.15) is 50.2 Å². The van der Waals surface area contributed by atoms with E-state index in [4.69, 9.17) is 9.47 Å². The summed E-state index contributed by atoms with van der Waals surface area (Å²) in [6, 6.07) is 10.6. The Kier molecular flexibility index (Phi) is 6.44. The largest absolute Gasteiger partial charge is 0.496 e. The molecule has 0 aromatic heterocycles. The normalized spacial score (nSPS) is 12.3. The third-order valence-electron chi connectivity index (χ3n) is 4.79. The van der Waals surface area contributed by atoms with Crippen LogP contribution in [0, 0.1) is 0 Å². The number of allylic oxidation sites excluding steroid dienone is 1. The Balaban J connectivity index is 1.62. The van der Waals surface area contributed by atoms with Gasteiger partial charge in [0, 0.05) is 0 Å². The van der Waals surface area contributed by atoms with Gasteiger partial charge in [-0.2, -0.15) is 0 Å². The summed E-state index contributed by atoms with van der Waals surface area (Å²) in [5.41, 5.74) is 2.93. The fraction of sp³-hybridized carbons (Fsp3) is 0.261. The lowest BCUT2D eigenvalue weighted by Gasteiger charge is -2.11. The summed E-state index contributed by atoms with van der Waals surface area (Å²) in [6.45, 7) is 3.83. The Morgan fingerprint density at radius 2 is 1.97 bits per heavy atom. The van der Waals surface area contributed by atoms with Crippen molar-refractivity contribution in [2.75, 3.05) is 7.11 Å². The van der Waals surface area contributed by atoms with Gasteiger partial charge in [0.05, 0.1) is 24.7 Å². The second kappa shape index (κ2) is 9.19. The first-order valence-electron chi connectivity index (χ1n) is 9.43. The van der Waals surface area contributed by atoms with Gasteiger partial charge < -0.3 is 9.47 Å². The number of carbonyl (C=O) groups excluding carboxylic acids is 3. The molecule has 0 aliphatic carbocycles. The van der Waals surface area contributed by atoms with Crippen molar-refractivity contribution >= 4 is 17.8 Å². The van der Waals surface area contributed by atoms with Gasteiger partial charge in [-0.25, -0.2) is 0 Å². The number of benzene rings is 2. The van der Waals surface area contributed by atoms with Gasteiger partial charge >= 0.3 is 5.97 Å². The van der Waals surface area contributed by atoms with Crippen LogP contribution in [-0.2, 0) is 29.0 Å². The molecule has 1 heterocycles. The molecule has 6 nitrogen and oxygen atoms in total. The fourth-order valence-electron chi connectivity index (χ4n) is 3.33. The number of nitrogens with one attached hydrogen (secondary N) is 1. The van der Waals surface area contributed by atoms with Crippen LogP contribution in [0.5, 0.6) is 5.75 Å². The monoisotopic (exact) mass is 393 g/mol. The van der Waals surface area contributed by atoms with Crippen molar-refractivity contribution < 1.29 is 23.9 Å². The molecule has 1 N–H and O–H groups in total. The van der Waals surface area contributed by atoms with Crippen molar-refractivity contribution in [3.8, 4) is 5.75 Å². The van der Waals surface area contributed by atoms with Crippen LogP contribution in [0.25, 0.3) is 0 Å². The van der Waals surface area contributed by atoms with Crippen LogP contribution in [0.4, 0.5) is 0 Å². The van der Waals surface area contributed by atoms with Crippen molar-refractivity contribution in [3.05, 3.63) is 76.9 Å². The molecular weight excluding hydrogens is 370 g/mol. The van der Waals surface area contributed by atoms with Gasteiger partial charge in [-0.1, -0.05) is 30.3 Å². The molecule has 0 atom stereocenters. The van der Waals surface area contributed by atoms with Crippen molar-refractivity contribution in [2.24, 2.45) is 0 Å². The summed E-state index contributed by atoms with van der Waals surface area (Å²) < 4.78 is 10.8. The smallest absolute Gasteiger partial charge is 0.310 e. The number of hydrogen-bond donors (Lipinski definition) is 1. The van der Waals surface area contributed by atoms with Crippen molar-refractivity contribution in [1.82, 2.24) is 5.32 Å². The first kappa shape index (κ1) is 20.3. The molecule has 0 unspecified atom stereocenters. The number of amides is 2. The van der Waals surface area contributed by atoms with E-state index < -0.39 is 17.8 Å². The molecule has 0 fully saturated rings. The third-order valence-corrected chi connectivity index (χ3v) is 4.79. The number of hydrogen-bond acceptors (Lipinski definition) is 5. The number of fused-ring (bicyclic) bond motifs is 1. The number of esters is 1. The Labute approximate surface area is 169 Å². The number of methoxy groups -OCH3 is 1. The van der Waals surface area contributed by atoms with Crippen LogP contribution in [0.2, 0.25) is 0 Å². The number of ether oxygens (including phenoxy) is 2. The Hall–Kier alpha value is -3.41. The molecule has 2 amide bonds. The lowest BCUT2D eigenvalue weighted by atomic mass is 10.0. The molecule has 0 radical (unpaired) electrons. The molecule has 150 valence electrons. The molecule has 3 rings (SSSR count). The van der Waals surface area contributed by atoms with E-state index in [0.29, 0.717) is 5.56 Å². The van der Waals surface area contributed by atoms with Gasteiger partial charge in [-0.15, -0.1) is 6.58 Å². The lowest BCUT2D eigenvalue weighted by Crippen LogP contribution is -2.20. The van der Waals surface area contributed by atoms with Crippen LogP contribution >= 0.6 is 0 Å². The molecule has 2 aromatic rings. The Morgan fingerprint density at radius 1 is 1.14 bits per heavy atom. The van der Waals surface area contributed by atoms with E-state index in [0.717, 1.165) is 36.1 Å². The number of carbonyl (C=O) groups is 3. The molecule has 0 saturated heterocycles. The Bertz CT molecular complexity index is 964. The maximum atomic E-state index is 12.3. The highest BCUT2D eigenvalue weighted by molar-refractivity contribution is 6.22. The maximum absolute atomic E-state index is 12.3. The van der Waals surface area contributed by atoms with Gasteiger partial charge in [-0.05, 0) is 48.1 Å². The molecular formula is C23H23NO5. The molecule has 6 heteroatoms. The molecule has 29 heavy (non-hydrogen) atoms. The average Bonchev–Trinajstić information content (AvgIpc) is 3.02. The van der Waals surface area contributed by atoms with Crippen LogP contribution in [0.15, 0.2) is 49.1 Å². The van der Waals surface area contributed by atoms with Gasteiger partial charge in [-0.3, -0.25) is 19.7 Å². The zero-order chi connectivity index (χ0) is 20.8. The van der Waals surface area contributed by atoms with Crippen LogP contribution in [0.3, 0.4) is 0 Å². The predicted octanol–water partition coefficient (Wildman–Crippen LogP) is 3.37. The summed E-state index contributed by atoms with van der Waals surface area (Å²) in [7, 11) is 1.62. The minimum Gasteiger partial charge on any atom is -0.496 e. The van der Waals surface area contributed by atoms with Crippen molar-refractivity contribution in [3.63, 3.8) is 0 Å². The summed E-state index contributed by atoms with van der Waals surface area (Å²) in [6.07, 6.45) is 4.62. The quantitative estimate of drug-likeness (QED) is 0.306. The van der Waals surface area contributed by atoms with Crippen LogP contribution < -0.4 is 10.1 Å². The number of aryl methyl sites for hydroxylation is 1. The molecule has 0 saturated carbocycles. The highest BCUT2D eigenvalue weighted by Crippen LogP contribution is 2.24. The van der Waals surface area contributed by atoms with E-state index in [9.17, 15) is 14.4 Å². The van der Waals surface area contributed by atoms with Gasteiger partial charge in [0.25, 0.3) is 11.8 Å². The van der Waals surface area contributed by atoms with E-state index >= 15 is 0 Å². The number of rotatable bonds is 9. The highest BCUT2D eigenvalue weighted by Gasteiger charge is 2.29. The molecule has 2 aromatic carbocycles. The molecule has 1 aliphatic rings. The minimum atomic E-state index is -0.481. The molecule has 0 spiro atoms. The second-order valence-electron chi connectivity index (χ2n) is 6.79. The number of unbranched alkanes of at least 4 members (excludes halogenated alkanes) is 1. The first-order chi connectivity index (χ1) is 14.0. The molecule has 1 aliphatic heterocycles. The summed E-state index contributed by atoms with van der Waals surface area (Å²) in [4.78, 5) is 36.0. The van der Waals surface area contributed by atoms with Gasteiger partial charge in [0.2, 0.25) is 0 Å². The van der Waals surface area contributed by atoms with E-state index in [1.807, 2.05) is 24.3 Å². The van der Waals surface area contributed by atoms with E-state index in [1.54, 1.807) is 25.3 Å².